The summed E-state index contributed by atoms with van der Waals surface area (Å²) in [4.78, 5) is 14.2. The number of sulfonamides is 1. The van der Waals surface area contributed by atoms with Gasteiger partial charge in [-0.25, -0.2) is 13.1 Å². The van der Waals surface area contributed by atoms with Crippen molar-refractivity contribution in [3.05, 3.63) is 0 Å². The van der Waals surface area contributed by atoms with E-state index in [9.17, 15) is 18.3 Å². The van der Waals surface area contributed by atoms with Gasteiger partial charge < -0.3 is 14.7 Å². The summed E-state index contributed by atoms with van der Waals surface area (Å²) in [5.41, 5.74) is 0. The number of aliphatic hydroxyl groups excluding tert-OH is 1. The van der Waals surface area contributed by atoms with Crippen molar-refractivity contribution < 1.29 is 23.1 Å². The lowest BCUT2D eigenvalue weighted by atomic mass is 9.97. The second kappa shape index (κ2) is 8.41. The first-order valence-corrected chi connectivity index (χ1v) is 10.1. The van der Waals surface area contributed by atoms with Gasteiger partial charge in [-0.05, 0) is 39.0 Å². The molecular formula is C15H28N2O5S. The molecule has 0 aromatic rings. The van der Waals surface area contributed by atoms with Crippen molar-refractivity contribution in [3.63, 3.8) is 0 Å². The van der Waals surface area contributed by atoms with Crippen LogP contribution < -0.4 is 4.72 Å². The van der Waals surface area contributed by atoms with Gasteiger partial charge in [-0.3, -0.25) is 4.79 Å². The van der Waals surface area contributed by atoms with Crippen molar-refractivity contribution in [1.29, 1.82) is 0 Å². The lowest BCUT2D eigenvalue weighted by molar-refractivity contribution is -0.140. The first-order valence-electron chi connectivity index (χ1n) is 8.49. The number of nitrogens with zero attached hydrogens (tertiary/aromatic N) is 1. The van der Waals surface area contributed by atoms with Gasteiger partial charge in [0.25, 0.3) is 0 Å². The lowest BCUT2D eigenvalue weighted by Crippen LogP contribution is -2.52. The fraction of sp³-hybridized carbons (Fsp3) is 0.933. The molecule has 2 heterocycles. The van der Waals surface area contributed by atoms with Crippen molar-refractivity contribution >= 4 is 15.9 Å². The summed E-state index contributed by atoms with van der Waals surface area (Å²) < 4.78 is 31.7. The van der Waals surface area contributed by atoms with Crippen LogP contribution in [0.5, 0.6) is 0 Å². The summed E-state index contributed by atoms with van der Waals surface area (Å²) in [6.07, 6.45) is 3.94. The van der Waals surface area contributed by atoms with Crippen LogP contribution in [0.25, 0.3) is 0 Å². The molecular weight excluding hydrogens is 320 g/mol. The standard InChI is InChI=1S/C15H28N2O5S/c1-2-23(20,21)16-13-7-6-12(22-14(13)11-18)10-15(19)17-8-4-3-5-9-17/h12-14,16,18H,2-11H2,1H3/t12-,13+,14+/m1/s1. The highest BCUT2D eigenvalue weighted by atomic mass is 32.2. The van der Waals surface area contributed by atoms with Crippen molar-refractivity contribution in [2.24, 2.45) is 0 Å². The zero-order valence-corrected chi connectivity index (χ0v) is 14.6. The first-order chi connectivity index (χ1) is 10.9. The fourth-order valence-corrected chi connectivity index (χ4v) is 4.10. The highest BCUT2D eigenvalue weighted by Crippen LogP contribution is 2.23. The average Bonchev–Trinajstić information content (AvgIpc) is 2.56. The minimum absolute atomic E-state index is 0.00147. The zero-order chi connectivity index (χ0) is 16.9. The molecule has 2 N–H and O–H groups in total. The molecule has 0 bridgehead atoms. The molecule has 1 amide bonds. The van der Waals surface area contributed by atoms with Crippen LogP contribution in [0.2, 0.25) is 0 Å². The van der Waals surface area contributed by atoms with E-state index in [0.717, 1.165) is 25.9 Å². The van der Waals surface area contributed by atoms with Crippen molar-refractivity contribution in [2.75, 3.05) is 25.4 Å². The maximum Gasteiger partial charge on any atom is 0.225 e. The summed E-state index contributed by atoms with van der Waals surface area (Å²) in [5.74, 6) is 0.0948. The highest BCUT2D eigenvalue weighted by Gasteiger charge is 2.34. The van der Waals surface area contributed by atoms with Gasteiger partial charge in [0, 0.05) is 13.1 Å². The maximum atomic E-state index is 12.3. The molecule has 0 saturated carbocycles. The third-order valence-corrected chi connectivity index (χ3v) is 6.04. The van der Waals surface area contributed by atoms with E-state index in [1.807, 2.05) is 4.90 Å². The maximum absolute atomic E-state index is 12.3. The molecule has 7 nitrogen and oxygen atoms in total. The smallest absolute Gasteiger partial charge is 0.225 e. The molecule has 2 aliphatic rings. The van der Waals surface area contributed by atoms with Crippen LogP contribution >= 0.6 is 0 Å². The Balaban J connectivity index is 1.86. The molecule has 2 fully saturated rings. The number of amides is 1. The molecule has 2 aliphatic heterocycles. The second-order valence-electron chi connectivity index (χ2n) is 6.33. The number of hydrogen-bond donors (Lipinski definition) is 2. The van der Waals surface area contributed by atoms with Gasteiger partial charge in [-0.2, -0.15) is 0 Å². The van der Waals surface area contributed by atoms with E-state index in [-0.39, 0.29) is 24.4 Å². The van der Waals surface area contributed by atoms with Crippen molar-refractivity contribution in [2.45, 2.75) is 63.7 Å². The molecule has 2 rings (SSSR count). The number of likely N-dealkylation sites (tertiary alicyclic amines) is 1. The predicted octanol–water partition coefficient (Wildman–Crippen LogP) is 0.237. The molecule has 0 aromatic heterocycles. The highest BCUT2D eigenvalue weighted by molar-refractivity contribution is 7.89. The van der Waals surface area contributed by atoms with Crippen LogP contribution in [0.15, 0.2) is 0 Å². The van der Waals surface area contributed by atoms with E-state index in [4.69, 9.17) is 4.74 Å². The summed E-state index contributed by atoms with van der Waals surface area (Å²) in [6, 6.07) is -0.425. The van der Waals surface area contributed by atoms with Crippen LogP contribution in [0, 0.1) is 0 Å². The number of ether oxygens (including phenoxy) is 1. The van der Waals surface area contributed by atoms with Crippen LogP contribution in [0.1, 0.15) is 45.4 Å². The number of carbonyl (C=O) groups excluding carboxylic acids is 1. The zero-order valence-electron chi connectivity index (χ0n) is 13.7. The monoisotopic (exact) mass is 348 g/mol. The molecule has 0 aliphatic carbocycles. The number of piperidine rings is 1. The van der Waals surface area contributed by atoms with E-state index >= 15 is 0 Å². The topological polar surface area (TPSA) is 95.9 Å². The second-order valence-corrected chi connectivity index (χ2v) is 8.37. The summed E-state index contributed by atoms with van der Waals surface area (Å²) >= 11 is 0. The number of carbonyl (C=O) groups is 1. The average molecular weight is 348 g/mol. The number of hydrogen-bond acceptors (Lipinski definition) is 5. The predicted molar refractivity (Wildman–Crippen MR) is 86.4 cm³/mol. The number of rotatable bonds is 6. The molecule has 0 radical (unpaired) electrons. The Morgan fingerprint density at radius 3 is 2.57 bits per heavy atom. The number of aliphatic hydroxyl groups is 1. The summed E-state index contributed by atoms with van der Waals surface area (Å²) in [6.45, 7) is 2.94. The third-order valence-electron chi connectivity index (χ3n) is 4.62. The SMILES string of the molecule is CCS(=O)(=O)N[C@H]1CC[C@H](CC(=O)N2CCCCC2)O[C@H]1CO. The quantitative estimate of drug-likeness (QED) is 0.717. The molecule has 0 unspecified atom stereocenters. The molecule has 134 valence electrons. The van der Waals surface area contributed by atoms with Gasteiger partial charge in [-0.1, -0.05) is 0 Å². The Hall–Kier alpha value is -0.700. The third kappa shape index (κ3) is 5.41. The van der Waals surface area contributed by atoms with Crippen LogP contribution in [-0.2, 0) is 19.6 Å². The van der Waals surface area contributed by atoms with Gasteiger partial charge in [0.15, 0.2) is 0 Å². The normalized spacial score (nSPS) is 29.5. The van der Waals surface area contributed by atoms with Gasteiger partial charge in [0.1, 0.15) is 0 Å². The minimum Gasteiger partial charge on any atom is -0.394 e. The van der Waals surface area contributed by atoms with Gasteiger partial charge in [0.05, 0.1) is 37.0 Å². The summed E-state index contributed by atoms with van der Waals surface area (Å²) in [7, 11) is -3.34. The van der Waals surface area contributed by atoms with E-state index in [1.165, 1.54) is 6.42 Å². The van der Waals surface area contributed by atoms with Crippen molar-refractivity contribution in [1.82, 2.24) is 9.62 Å². The van der Waals surface area contributed by atoms with Gasteiger partial charge in [-0.15, -0.1) is 0 Å². The van der Waals surface area contributed by atoms with E-state index in [1.54, 1.807) is 6.92 Å². The Kier molecular flexibility index (Phi) is 6.82. The first kappa shape index (κ1) is 18.6. The molecule has 0 aromatic carbocycles. The van der Waals surface area contributed by atoms with E-state index < -0.39 is 22.2 Å². The molecule has 2 saturated heterocycles. The van der Waals surface area contributed by atoms with Gasteiger partial charge >= 0.3 is 0 Å². The summed E-state index contributed by atoms with van der Waals surface area (Å²) in [5, 5.41) is 9.48. The van der Waals surface area contributed by atoms with Crippen LogP contribution in [-0.4, -0.2) is 68.0 Å². The fourth-order valence-electron chi connectivity index (χ4n) is 3.20. The lowest BCUT2D eigenvalue weighted by Gasteiger charge is -2.36. The molecule has 0 spiro atoms. The van der Waals surface area contributed by atoms with Crippen molar-refractivity contribution in [3.8, 4) is 0 Å². The largest absolute Gasteiger partial charge is 0.394 e. The van der Waals surface area contributed by atoms with Crippen LogP contribution in [0.3, 0.4) is 0 Å². The molecule has 23 heavy (non-hydrogen) atoms. The number of nitrogens with one attached hydrogen (secondary N) is 1. The molecule has 3 atom stereocenters. The Labute approximate surface area is 138 Å². The van der Waals surface area contributed by atoms with E-state index in [2.05, 4.69) is 4.72 Å². The van der Waals surface area contributed by atoms with E-state index in [0.29, 0.717) is 19.3 Å². The van der Waals surface area contributed by atoms with Gasteiger partial charge in [0.2, 0.25) is 15.9 Å². The minimum atomic E-state index is -3.34. The Morgan fingerprint density at radius 1 is 1.26 bits per heavy atom. The Morgan fingerprint density at radius 2 is 1.96 bits per heavy atom. The molecule has 8 heteroatoms. The van der Waals surface area contributed by atoms with Crippen LogP contribution in [0.4, 0.5) is 0 Å². The Bertz CT molecular complexity index is 490.